The van der Waals surface area contributed by atoms with Gasteiger partial charge in [-0.1, -0.05) is 36.4 Å². The van der Waals surface area contributed by atoms with Gasteiger partial charge in [-0.2, -0.15) is 0 Å². The number of fused-ring (bicyclic) bond motifs is 1. The van der Waals surface area contributed by atoms with Crippen molar-refractivity contribution in [2.75, 3.05) is 56.2 Å². The summed E-state index contributed by atoms with van der Waals surface area (Å²) in [7, 11) is 1.70. The number of nitrogens with two attached hydrogens (primary N) is 1. The highest BCUT2D eigenvalue weighted by Gasteiger charge is 2.32. The molecule has 162 valence electrons. The lowest BCUT2D eigenvalue weighted by atomic mass is 10.1. The molecule has 2 aromatic carbocycles. The number of carbonyl (C=O) groups is 2. The maximum Gasteiger partial charge on any atom is 0.266 e. The molecule has 2 amide bonds. The van der Waals surface area contributed by atoms with Gasteiger partial charge in [-0.3, -0.25) is 24.4 Å². The zero-order chi connectivity index (χ0) is 21.8. The van der Waals surface area contributed by atoms with Gasteiger partial charge >= 0.3 is 0 Å². The standard InChI is InChI=1S/C23H27N5O3/c1-26(17-7-3-2-4-8-17)21(29)16-28-20-10-6-5-9-18(20)19(25-22(24)23(28)30)15-27-11-13-31-14-12-27/h2-10,22H,11-16,24H2,1H3. The molecule has 0 saturated carbocycles. The second-order valence-electron chi connectivity index (χ2n) is 7.64. The van der Waals surface area contributed by atoms with Crippen LogP contribution >= 0.6 is 0 Å². The Kier molecular flexibility index (Phi) is 6.41. The van der Waals surface area contributed by atoms with Crippen LogP contribution in [-0.4, -0.2) is 75.0 Å². The largest absolute Gasteiger partial charge is 0.379 e. The second-order valence-corrected chi connectivity index (χ2v) is 7.64. The molecular weight excluding hydrogens is 394 g/mol. The van der Waals surface area contributed by atoms with Gasteiger partial charge in [0, 0.05) is 37.9 Å². The Bertz CT molecular complexity index is 972. The first-order valence-corrected chi connectivity index (χ1v) is 10.4. The number of benzodiazepines with no additional fused rings is 1. The molecule has 0 radical (unpaired) electrons. The van der Waals surface area contributed by atoms with E-state index in [1.54, 1.807) is 11.9 Å². The average molecular weight is 422 g/mol. The van der Waals surface area contributed by atoms with Gasteiger partial charge in [0.1, 0.15) is 6.54 Å². The Morgan fingerprint density at radius 1 is 1.13 bits per heavy atom. The summed E-state index contributed by atoms with van der Waals surface area (Å²) in [5, 5.41) is 0. The van der Waals surface area contributed by atoms with E-state index in [0.717, 1.165) is 30.1 Å². The number of aliphatic imine (C=N–C) groups is 1. The van der Waals surface area contributed by atoms with Crippen LogP contribution in [0.25, 0.3) is 0 Å². The SMILES string of the molecule is CN(C(=O)CN1C(=O)C(N)N=C(CN2CCOCC2)c2ccccc21)c1ccccc1. The summed E-state index contributed by atoms with van der Waals surface area (Å²) in [5.74, 6) is -0.600. The molecule has 1 saturated heterocycles. The number of hydrogen-bond acceptors (Lipinski definition) is 6. The van der Waals surface area contributed by atoms with Crippen molar-refractivity contribution < 1.29 is 14.3 Å². The van der Waals surface area contributed by atoms with Crippen molar-refractivity contribution in [3.8, 4) is 0 Å². The summed E-state index contributed by atoms with van der Waals surface area (Å²) in [6, 6.07) is 16.9. The lowest BCUT2D eigenvalue weighted by molar-refractivity contribution is -0.123. The van der Waals surface area contributed by atoms with Crippen molar-refractivity contribution in [2.24, 2.45) is 10.7 Å². The fourth-order valence-corrected chi connectivity index (χ4v) is 3.82. The maximum absolute atomic E-state index is 13.1. The summed E-state index contributed by atoms with van der Waals surface area (Å²) in [6.45, 7) is 3.41. The number of anilines is 2. The lowest BCUT2D eigenvalue weighted by Crippen LogP contribution is -2.47. The minimum absolute atomic E-state index is 0.116. The summed E-state index contributed by atoms with van der Waals surface area (Å²) in [4.78, 5) is 35.9. The number of carbonyl (C=O) groups excluding carboxylic acids is 2. The third-order valence-electron chi connectivity index (χ3n) is 5.61. The number of rotatable bonds is 5. The maximum atomic E-state index is 13.1. The Balaban J connectivity index is 1.61. The topological polar surface area (TPSA) is 91.5 Å². The molecule has 0 bridgehead atoms. The van der Waals surface area contributed by atoms with E-state index in [0.29, 0.717) is 25.4 Å². The first kappa shape index (κ1) is 21.2. The first-order chi connectivity index (χ1) is 15.0. The molecule has 8 heteroatoms. The first-order valence-electron chi connectivity index (χ1n) is 10.4. The van der Waals surface area contributed by atoms with E-state index in [4.69, 9.17) is 10.5 Å². The van der Waals surface area contributed by atoms with Crippen molar-refractivity contribution in [2.45, 2.75) is 6.17 Å². The highest BCUT2D eigenvalue weighted by atomic mass is 16.5. The summed E-state index contributed by atoms with van der Waals surface area (Å²) in [5.41, 5.74) is 9.15. The predicted octanol–water partition coefficient (Wildman–Crippen LogP) is 1.10. The van der Waals surface area contributed by atoms with E-state index in [9.17, 15) is 9.59 Å². The molecule has 1 atom stereocenters. The van der Waals surface area contributed by atoms with Gasteiger partial charge in [-0.05, 0) is 18.2 Å². The van der Waals surface area contributed by atoms with E-state index in [-0.39, 0.29) is 18.4 Å². The third kappa shape index (κ3) is 4.66. The van der Waals surface area contributed by atoms with Crippen LogP contribution in [0.2, 0.25) is 0 Å². The van der Waals surface area contributed by atoms with Gasteiger partial charge in [0.15, 0.2) is 6.17 Å². The van der Waals surface area contributed by atoms with Crippen LogP contribution < -0.4 is 15.5 Å². The molecule has 2 aliphatic rings. The quantitative estimate of drug-likeness (QED) is 0.781. The Morgan fingerprint density at radius 2 is 1.81 bits per heavy atom. The fourth-order valence-electron chi connectivity index (χ4n) is 3.82. The molecule has 1 fully saturated rings. The molecule has 2 heterocycles. The minimum Gasteiger partial charge on any atom is -0.379 e. The number of amides is 2. The predicted molar refractivity (Wildman–Crippen MR) is 120 cm³/mol. The lowest BCUT2D eigenvalue weighted by Gasteiger charge is -2.28. The van der Waals surface area contributed by atoms with Gasteiger partial charge in [0.2, 0.25) is 5.91 Å². The van der Waals surface area contributed by atoms with Gasteiger partial charge in [0.25, 0.3) is 5.91 Å². The van der Waals surface area contributed by atoms with Crippen LogP contribution in [0, 0.1) is 0 Å². The van der Waals surface area contributed by atoms with E-state index >= 15 is 0 Å². The van der Waals surface area contributed by atoms with E-state index in [2.05, 4.69) is 9.89 Å². The monoisotopic (exact) mass is 421 g/mol. The van der Waals surface area contributed by atoms with Gasteiger partial charge in [0.05, 0.1) is 24.6 Å². The van der Waals surface area contributed by atoms with Crippen molar-refractivity contribution in [3.63, 3.8) is 0 Å². The molecule has 31 heavy (non-hydrogen) atoms. The molecule has 4 rings (SSSR count). The van der Waals surface area contributed by atoms with Crippen LogP contribution in [0.5, 0.6) is 0 Å². The number of ether oxygens (including phenoxy) is 1. The Hall–Kier alpha value is -3.07. The van der Waals surface area contributed by atoms with Crippen molar-refractivity contribution in [1.82, 2.24) is 4.90 Å². The Labute approximate surface area is 181 Å². The van der Waals surface area contributed by atoms with E-state index < -0.39 is 6.17 Å². The van der Waals surface area contributed by atoms with Gasteiger partial charge < -0.3 is 15.4 Å². The number of benzene rings is 2. The van der Waals surface area contributed by atoms with Gasteiger partial charge in [-0.25, -0.2) is 0 Å². The van der Waals surface area contributed by atoms with Crippen molar-refractivity contribution >= 4 is 28.9 Å². The van der Waals surface area contributed by atoms with Crippen LogP contribution in [0.3, 0.4) is 0 Å². The highest BCUT2D eigenvalue weighted by Crippen LogP contribution is 2.26. The molecular formula is C23H27N5O3. The zero-order valence-corrected chi connectivity index (χ0v) is 17.6. The van der Waals surface area contributed by atoms with Crippen LogP contribution in [0.4, 0.5) is 11.4 Å². The fraction of sp³-hybridized carbons (Fsp3) is 0.348. The third-order valence-corrected chi connectivity index (χ3v) is 5.61. The molecule has 1 unspecified atom stereocenters. The zero-order valence-electron chi connectivity index (χ0n) is 17.6. The minimum atomic E-state index is -1.06. The summed E-state index contributed by atoms with van der Waals surface area (Å²) in [6.07, 6.45) is -1.06. The molecule has 2 aliphatic heterocycles. The number of para-hydroxylation sites is 2. The Morgan fingerprint density at radius 3 is 2.55 bits per heavy atom. The second kappa shape index (κ2) is 9.38. The smallest absolute Gasteiger partial charge is 0.266 e. The number of nitrogens with zero attached hydrogens (tertiary/aromatic N) is 4. The van der Waals surface area contributed by atoms with Crippen LogP contribution in [-0.2, 0) is 14.3 Å². The molecule has 0 spiro atoms. The highest BCUT2D eigenvalue weighted by molar-refractivity contribution is 6.15. The van der Waals surface area contributed by atoms with E-state index in [1.807, 2.05) is 54.6 Å². The van der Waals surface area contributed by atoms with Gasteiger partial charge in [-0.15, -0.1) is 0 Å². The summed E-state index contributed by atoms with van der Waals surface area (Å²) >= 11 is 0. The van der Waals surface area contributed by atoms with E-state index in [1.165, 1.54) is 4.90 Å². The normalized spacial score (nSPS) is 19.4. The van der Waals surface area contributed by atoms with Crippen LogP contribution in [0.1, 0.15) is 5.56 Å². The number of hydrogen-bond donors (Lipinski definition) is 1. The van der Waals surface area contributed by atoms with Crippen molar-refractivity contribution in [1.29, 1.82) is 0 Å². The number of likely N-dealkylation sites (N-methyl/N-ethyl adjacent to an activating group) is 1. The average Bonchev–Trinajstić information content (AvgIpc) is 2.90. The molecule has 8 nitrogen and oxygen atoms in total. The molecule has 0 aromatic heterocycles. The molecule has 0 aliphatic carbocycles. The van der Waals surface area contributed by atoms with Crippen LogP contribution in [0.15, 0.2) is 59.6 Å². The molecule has 2 aromatic rings. The van der Waals surface area contributed by atoms with Crippen molar-refractivity contribution in [3.05, 3.63) is 60.2 Å². The molecule has 2 N–H and O–H groups in total. The number of morpholine rings is 1. The summed E-state index contributed by atoms with van der Waals surface area (Å²) < 4.78 is 5.43.